The molecule has 2 heterocycles. The summed E-state index contributed by atoms with van der Waals surface area (Å²) in [6.45, 7) is 2.34. The fraction of sp³-hybridized carbons (Fsp3) is 0.167. The monoisotopic (exact) mass is 216 g/mol. The van der Waals surface area contributed by atoms with E-state index < -0.39 is 0 Å². The van der Waals surface area contributed by atoms with E-state index >= 15 is 0 Å². The summed E-state index contributed by atoms with van der Waals surface area (Å²) in [5, 5.41) is 3.83. The number of hydrogen-bond donors (Lipinski definition) is 0. The van der Waals surface area contributed by atoms with Crippen LogP contribution in [0.15, 0.2) is 46.4 Å². The number of furan rings is 1. The van der Waals surface area contributed by atoms with Crippen LogP contribution >= 0.6 is 0 Å². The van der Waals surface area contributed by atoms with E-state index in [4.69, 9.17) is 9.25 Å². The molecule has 0 aliphatic carbocycles. The standard InChI is InChI=1S/C12H12N2O2/c1-10-3-2-4-12(14-10)7-13-16-9-11-5-6-15-8-11/h2-8H,9H2,1H3. The number of hydrogen-bond acceptors (Lipinski definition) is 4. The normalized spacial score (nSPS) is 10.8. The molecule has 0 spiro atoms. The van der Waals surface area contributed by atoms with Crippen LogP contribution in [-0.4, -0.2) is 11.2 Å². The smallest absolute Gasteiger partial charge is 0.145 e. The molecule has 0 atom stereocenters. The van der Waals surface area contributed by atoms with Crippen molar-refractivity contribution in [1.29, 1.82) is 0 Å². The summed E-state index contributed by atoms with van der Waals surface area (Å²) >= 11 is 0. The first-order valence-corrected chi connectivity index (χ1v) is 4.94. The van der Waals surface area contributed by atoms with Crippen LogP contribution in [0.3, 0.4) is 0 Å². The highest BCUT2D eigenvalue weighted by atomic mass is 16.6. The zero-order valence-electron chi connectivity index (χ0n) is 8.96. The molecule has 2 aromatic heterocycles. The van der Waals surface area contributed by atoms with Gasteiger partial charge in [-0.25, -0.2) is 0 Å². The minimum atomic E-state index is 0.402. The van der Waals surface area contributed by atoms with Crippen LogP contribution in [-0.2, 0) is 11.4 Å². The number of aromatic nitrogens is 1. The van der Waals surface area contributed by atoms with Gasteiger partial charge in [0.2, 0.25) is 0 Å². The van der Waals surface area contributed by atoms with E-state index in [1.165, 1.54) is 0 Å². The summed E-state index contributed by atoms with van der Waals surface area (Å²) in [5.74, 6) is 0. The molecule has 0 amide bonds. The van der Waals surface area contributed by atoms with Gasteiger partial charge in [0.15, 0.2) is 0 Å². The minimum Gasteiger partial charge on any atom is -0.472 e. The zero-order valence-corrected chi connectivity index (χ0v) is 8.96. The zero-order chi connectivity index (χ0) is 11.2. The van der Waals surface area contributed by atoms with Crippen LogP contribution in [0.2, 0.25) is 0 Å². The molecule has 82 valence electrons. The van der Waals surface area contributed by atoms with Gasteiger partial charge in [-0.1, -0.05) is 11.2 Å². The van der Waals surface area contributed by atoms with Crippen molar-refractivity contribution in [2.75, 3.05) is 0 Å². The Morgan fingerprint density at radius 1 is 1.44 bits per heavy atom. The number of aryl methyl sites for hydroxylation is 1. The molecular formula is C12H12N2O2. The summed E-state index contributed by atoms with van der Waals surface area (Å²) in [5.41, 5.74) is 2.69. The maximum absolute atomic E-state index is 5.09. The lowest BCUT2D eigenvalue weighted by Gasteiger charge is -1.96. The van der Waals surface area contributed by atoms with Crippen molar-refractivity contribution in [2.45, 2.75) is 13.5 Å². The number of nitrogens with zero attached hydrogens (tertiary/aromatic N) is 2. The number of rotatable bonds is 4. The van der Waals surface area contributed by atoms with Gasteiger partial charge in [-0.05, 0) is 25.1 Å². The second kappa shape index (κ2) is 5.11. The largest absolute Gasteiger partial charge is 0.472 e. The average molecular weight is 216 g/mol. The Hall–Kier alpha value is -2.10. The van der Waals surface area contributed by atoms with Crippen LogP contribution in [0.5, 0.6) is 0 Å². The van der Waals surface area contributed by atoms with Crippen molar-refractivity contribution in [3.8, 4) is 0 Å². The highest BCUT2D eigenvalue weighted by Crippen LogP contribution is 2.02. The molecule has 0 bridgehead atoms. The maximum atomic E-state index is 5.09. The lowest BCUT2D eigenvalue weighted by Crippen LogP contribution is -1.90. The third kappa shape index (κ3) is 2.95. The first-order valence-electron chi connectivity index (χ1n) is 4.94. The second-order valence-corrected chi connectivity index (χ2v) is 3.34. The molecular weight excluding hydrogens is 204 g/mol. The third-order valence-electron chi connectivity index (χ3n) is 1.98. The molecule has 0 unspecified atom stereocenters. The van der Waals surface area contributed by atoms with Gasteiger partial charge in [-0.2, -0.15) is 0 Å². The van der Waals surface area contributed by atoms with Gasteiger partial charge in [-0.15, -0.1) is 0 Å². The highest BCUT2D eigenvalue weighted by Gasteiger charge is 1.93. The third-order valence-corrected chi connectivity index (χ3v) is 1.98. The Kier molecular flexibility index (Phi) is 3.33. The lowest BCUT2D eigenvalue weighted by atomic mass is 10.3. The quantitative estimate of drug-likeness (QED) is 0.582. The molecule has 0 aliphatic rings. The van der Waals surface area contributed by atoms with Crippen molar-refractivity contribution in [1.82, 2.24) is 4.98 Å². The first kappa shape index (κ1) is 10.4. The number of pyridine rings is 1. The summed E-state index contributed by atoms with van der Waals surface area (Å²) in [6.07, 6.45) is 4.82. The van der Waals surface area contributed by atoms with Gasteiger partial charge in [0.05, 0.1) is 24.4 Å². The predicted molar refractivity (Wildman–Crippen MR) is 60.1 cm³/mol. The van der Waals surface area contributed by atoms with E-state index in [1.54, 1.807) is 18.7 Å². The highest BCUT2D eigenvalue weighted by molar-refractivity contribution is 5.76. The van der Waals surface area contributed by atoms with Gasteiger partial charge < -0.3 is 9.25 Å². The molecule has 4 nitrogen and oxygen atoms in total. The maximum Gasteiger partial charge on any atom is 0.145 e. The van der Waals surface area contributed by atoms with Crippen LogP contribution < -0.4 is 0 Å². The Bertz CT molecular complexity index is 464. The van der Waals surface area contributed by atoms with Gasteiger partial charge >= 0.3 is 0 Å². The van der Waals surface area contributed by atoms with E-state index in [2.05, 4.69) is 10.1 Å². The molecule has 0 aliphatic heterocycles. The van der Waals surface area contributed by atoms with Crippen molar-refractivity contribution in [3.63, 3.8) is 0 Å². The SMILES string of the molecule is Cc1cccc(C=NOCc2ccoc2)n1. The van der Waals surface area contributed by atoms with Crippen LogP contribution in [0, 0.1) is 6.92 Å². The van der Waals surface area contributed by atoms with Crippen molar-refractivity contribution in [3.05, 3.63) is 53.7 Å². The molecule has 0 saturated carbocycles. The van der Waals surface area contributed by atoms with E-state index in [9.17, 15) is 0 Å². The van der Waals surface area contributed by atoms with Crippen molar-refractivity contribution in [2.24, 2.45) is 5.16 Å². The topological polar surface area (TPSA) is 47.6 Å². The number of oxime groups is 1. The Balaban J connectivity index is 1.86. The average Bonchev–Trinajstić information content (AvgIpc) is 2.77. The molecule has 0 N–H and O–H groups in total. The van der Waals surface area contributed by atoms with E-state index in [0.29, 0.717) is 6.61 Å². The predicted octanol–water partition coefficient (Wildman–Crippen LogP) is 2.53. The van der Waals surface area contributed by atoms with E-state index in [1.807, 2.05) is 31.2 Å². The summed E-state index contributed by atoms with van der Waals surface area (Å²) in [6, 6.07) is 7.57. The summed E-state index contributed by atoms with van der Waals surface area (Å²) < 4.78 is 4.90. The molecule has 0 saturated heterocycles. The molecule has 0 radical (unpaired) electrons. The Morgan fingerprint density at radius 3 is 3.12 bits per heavy atom. The van der Waals surface area contributed by atoms with E-state index in [-0.39, 0.29) is 0 Å². The fourth-order valence-electron chi connectivity index (χ4n) is 1.21. The minimum absolute atomic E-state index is 0.402. The Morgan fingerprint density at radius 2 is 2.38 bits per heavy atom. The van der Waals surface area contributed by atoms with Gasteiger partial charge in [0.1, 0.15) is 6.61 Å². The van der Waals surface area contributed by atoms with Crippen LogP contribution in [0.25, 0.3) is 0 Å². The van der Waals surface area contributed by atoms with Crippen molar-refractivity contribution < 1.29 is 9.25 Å². The summed E-state index contributed by atoms with van der Waals surface area (Å²) in [4.78, 5) is 9.35. The van der Waals surface area contributed by atoms with E-state index in [0.717, 1.165) is 17.0 Å². The molecule has 0 aromatic carbocycles. The second-order valence-electron chi connectivity index (χ2n) is 3.34. The molecule has 2 aromatic rings. The lowest BCUT2D eigenvalue weighted by molar-refractivity contribution is 0.131. The summed E-state index contributed by atoms with van der Waals surface area (Å²) in [7, 11) is 0. The van der Waals surface area contributed by atoms with Gasteiger partial charge in [0.25, 0.3) is 0 Å². The molecule has 16 heavy (non-hydrogen) atoms. The van der Waals surface area contributed by atoms with Crippen molar-refractivity contribution >= 4 is 6.21 Å². The van der Waals surface area contributed by atoms with Gasteiger partial charge in [0, 0.05) is 11.3 Å². The van der Waals surface area contributed by atoms with Crippen LogP contribution in [0.4, 0.5) is 0 Å². The van der Waals surface area contributed by atoms with Gasteiger partial charge in [-0.3, -0.25) is 4.98 Å². The first-order chi connectivity index (χ1) is 7.84. The molecule has 0 fully saturated rings. The Labute approximate surface area is 93.6 Å². The molecule has 2 rings (SSSR count). The molecule has 4 heteroatoms. The van der Waals surface area contributed by atoms with Crippen LogP contribution in [0.1, 0.15) is 17.0 Å². The fourth-order valence-corrected chi connectivity index (χ4v) is 1.21.